The standard InChI is InChI=1S/C32H32N2S/c1-33(2)29-17-9-25(10-18-29)5-7-27-13-21-31(22-14-27)35-32-23-15-28(16-24-32)8-6-26-11-19-30(20-12-26)34(3)4/h5-24H,1-4H3. The van der Waals surface area contributed by atoms with E-state index in [9.17, 15) is 0 Å². The Kier molecular flexibility index (Phi) is 8.12. The van der Waals surface area contributed by atoms with Gasteiger partial charge in [0, 0.05) is 49.4 Å². The summed E-state index contributed by atoms with van der Waals surface area (Å²) < 4.78 is 0. The number of nitrogens with zero attached hydrogens (tertiary/aromatic N) is 2. The molecule has 4 rings (SSSR count). The summed E-state index contributed by atoms with van der Waals surface area (Å²) in [5.74, 6) is 0. The van der Waals surface area contributed by atoms with Crippen molar-refractivity contribution in [2.24, 2.45) is 0 Å². The van der Waals surface area contributed by atoms with Gasteiger partial charge >= 0.3 is 0 Å². The van der Waals surface area contributed by atoms with E-state index in [0.717, 1.165) is 0 Å². The fourth-order valence-corrected chi connectivity index (χ4v) is 4.40. The van der Waals surface area contributed by atoms with Crippen molar-refractivity contribution in [3.63, 3.8) is 0 Å². The first-order valence-electron chi connectivity index (χ1n) is 11.8. The van der Waals surface area contributed by atoms with Gasteiger partial charge in [-0.25, -0.2) is 0 Å². The van der Waals surface area contributed by atoms with E-state index in [1.807, 2.05) is 0 Å². The molecule has 3 heteroatoms. The van der Waals surface area contributed by atoms with Gasteiger partial charge in [0.1, 0.15) is 0 Å². The second kappa shape index (κ2) is 11.6. The van der Waals surface area contributed by atoms with Gasteiger partial charge in [0.05, 0.1) is 0 Å². The lowest BCUT2D eigenvalue weighted by Crippen LogP contribution is -2.07. The van der Waals surface area contributed by atoms with Gasteiger partial charge in [0.25, 0.3) is 0 Å². The van der Waals surface area contributed by atoms with E-state index in [-0.39, 0.29) is 0 Å². The summed E-state index contributed by atoms with van der Waals surface area (Å²) >= 11 is 1.79. The highest BCUT2D eigenvalue weighted by molar-refractivity contribution is 7.99. The molecule has 176 valence electrons. The topological polar surface area (TPSA) is 6.48 Å². The molecule has 35 heavy (non-hydrogen) atoms. The minimum absolute atomic E-state index is 1.20. The van der Waals surface area contributed by atoms with Gasteiger partial charge in [0.15, 0.2) is 0 Å². The molecule has 0 saturated carbocycles. The molecule has 0 heterocycles. The van der Waals surface area contributed by atoms with Gasteiger partial charge < -0.3 is 9.80 Å². The van der Waals surface area contributed by atoms with E-state index in [1.165, 1.54) is 43.4 Å². The monoisotopic (exact) mass is 476 g/mol. The maximum atomic E-state index is 2.19. The first-order chi connectivity index (χ1) is 17.0. The Balaban J connectivity index is 1.33. The SMILES string of the molecule is CN(C)c1ccc(C=Cc2ccc(Sc3ccc(C=Cc4ccc(N(C)C)cc4)cc3)cc2)cc1. The van der Waals surface area contributed by atoms with Gasteiger partial charge in [-0.1, -0.05) is 84.6 Å². The first kappa shape index (κ1) is 24.4. The summed E-state index contributed by atoms with van der Waals surface area (Å²) in [4.78, 5) is 6.70. The molecule has 0 aliphatic rings. The van der Waals surface area contributed by atoms with Gasteiger partial charge in [-0.2, -0.15) is 0 Å². The Morgan fingerprint density at radius 1 is 0.400 bits per heavy atom. The Morgan fingerprint density at radius 2 is 0.657 bits per heavy atom. The van der Waals surface area contributed by atoms with E-state index < -0.39 is 0 Å². The third-order valence-corrected chi connectivity index (χ3v) is 6.77. The second-order valence-corrected chi connectivity index (χ2v) is 10.0. The van der Waals surface area contributed by atoms with Gasteiger partial charge in [-0.3, -0.25) is 0 Å². The molecule has 2 nitrogen and oxygen atoms in total. The molecule has 0 atom stereocenters. The number of hydrogen-bond donors (Lipinski definition) is 0. The second-order valence-electron chi connectivity index (χ2n) is 8.88. The van der Waals surface area contributed by atoms with Crippen LogP contribution >= 0.6 is 11.8 Å². The van der Waals surface area contributed by atoms with Crippen molar-refractivity contribution >= 4 is 47.4 Å². The maximum Gasteiger partial charge on any atom is 0.0361 e. The molecule has 0 saturated heterocycles. The molecule has 0 bridgehead atoms. The van der Waals surface area contributed by atoms with Crippen molar-refractivity contribution in [3.8, 4) is 0 Å². The van der Waals surface area contributed by atoms with Crippen LogP contribution in [0.4, 0.5) is 11.4 Å². The van der Waals surface area contributed by atoms with Crippen molar-refractivity contribution in [2.45, 2.75) is 9.79 Å². The van der Waals surface area contributed by atoms with Gasteiger partial charge in [0.2, 0.25) is 0 Å². The van der Waals surface area contributed by atoms with Crippen LogP contribution in [0.25, 0.3) is 24.3 Å². The fourth-order valence-electron chi connectivity index (χ4n) is 3.58. The fraction of sp³-hybridized carbons (Fsp3) is 0.125. The minimum Gasteiger partial charge on any atom is -0.378 e. The quantitative estimate of drug-likeness (QED) is 0.236. The van der Waals surface area contributed by atoms with Gasteiger partial charge in [-0.05, 0) is 70.8 Å². The zero-order chi connectivity index (χ0) is 24.6. The molecule has 0 aliphatic heterocycles. The lowest BCUT2D eigenvalue weighted by atomic mass is 10.1. The van der Waals surface area contributed by atoms with Crippen LogP contribution in [-0.2, 0) is 0 Å². The van der Waals surface area contributed by atoms with Crippen LogP contribution in [0, 0.1) is 0 Å². The lowest BCUT2D eigenvalue weighted by molar-refractivity contribution is 1.13. The Hall–Kier alpha value is -3.69. The third kappa shape index (κ3) is 7.14. The normalized spacial score (nSPS) is 11.3. The van der Waals surface area contributed by atoms with Crippen molar-refractivity contribution in [3.05, 3.63) is 119 Å². The summed E-state index contributed by atoms with van der Waals surface area (Å²) in [6.07, 6.45) is 8.64. The van der Waals surface area contributed by atoms with E-state index in [4.69, 9.17) is 0 Å². The molecular weight excluding hydrogens is 444 g/mol. The van der Waals surface area contributed by atoms with Crippen LogP contribution in [0.5, 0.6) is 0 Å². The van der Waals surface area contributed by atoms with Crippen LogP contribution in [0.3, 0.4) is 0 Å². The molecule has 0 aromatic heterocycles. The molecule has 0 unspecified atom stereocenters. The summed E-state index contributed by atoms with van der Waals surface area (Å²) in [6, 6.07) is 34.6. The molecule has 0 amide bonds. The van der Waals surface area contributed by atoms with E-state index in [1.54, 1.807) is 11.8 Å². The van der Waals surface area contributed by atoms with Crippen molar-refractivity contribution < 1.29 is 0 Å². The Labute approximate surface area is 214 Å². The summed E-state index contributed by atoms with van der Waals surface area (Å²) in [7, 11) is 8.23. The first-order valence-corrected chi connectivity index (χ1v) is 12.6. The number of benzene rings is 4. The van der Waals surface area contributed by atoms with Crippen LogP contribution in [0.15, 0.2) is 107 Å². The zero-order valence-electron chi connectivity index (χ0n) is 20.8. The molecule has 0 spiro atoms. The predicted molar refractivity (Wildman–Crippen MR) is 156 cm³/mol. The van der Waals surface area contributed by atoms with E-state index in [2.05, 4.69) is 159 Å². The zero-order valence-corrected chi connectivity index (χ0v) is 21.7. The summed E-state index contributed by atoms with van der Waals surface area (Å²) in [6.45, 7) is 0. The van der Waals surface area contributed by atoms with E-state index in [0.29, 0.717) is 0 Å². The molecule has 0 aliphatic carbocycles. The van der Waals surface area contributed by atoms with Crippen LogP contribution in [0.1, 0.15) is 22.3 Å². The largest absolute Gasteiger partial charge is 0.378 e. The molecule has 0 radical (unpaired) electrons. The van der Waals surface area contributed by atoms with Crippen molar-refractivity contribution in [2.75, 3.05) is 38.0 Å². The number of hydrogen-bond acceptors (Lipinski definition) is 3. The van der Waals surface area contributed by atoms with Gasteiger partial charge in [-0.15, -0.1) is 0 Å². The summed E-state index contributed by atoms with van der Waals surface area (Å²) in [5.41, 5.74) is 7.22. The smallest absolute Gasteiger partial charge is 0.0361 e. The van der Waals surface area contributed by atoms with Crippen LogP contribution < -0.4 is 9.80 Å². The molecule has 4 aromatic carbocycles. The molecular formula is C32H32N2S. The Morgan fingerprint density at radius 3 is 0.914 bits per heavy atom. The molecule has 4 aromatic rings. The van der Waals surface area contributed by atoms with Crippen molar-refractivity contribution in [1.29, 1.82) is 0 Å². The third-order valence-electron chi connectivity index (χ3n) is 5.75. The number of anilines is 2. The minimum atomic E-state index is 1.20. The van der Waals surface area contributed by atoms with Crippen molar-refractivity contribution in [1.82, 2.24) is 0 Å². The molecule has 0 fully saturated rings. The highest BCUT2D eigenvalue weighted by Crippen LogP contribution is 2.28. The Bertz CT molecular complexity index is 1160. The number of rotatable bonds is 8. The average molecular weight is 477 g/mol. The predicted octanol–water partition coefficient (Wildman–Crippen LogP) is 8.31. The maximum absolute atomic E-state index is 2.19. The van der Waals surface area contributed by atoms with E-state index >= 15 is 0 Å². The van der Waals surface area contributed by atoms with Crippen LogP contribution in [-0.4, -0.2) is 28.2 Å². The highest BCUT2D eigenvalue weighted by Gasteiger charge is 1.99. The average Bonchev–Trinajstić information content (AvgIpc) is 2.88. The summed E-state index contributed by atoms with van der Waals surface area (Å²) in [5, 5.41) is 0. The lowest BCUT2D eigenvalue weighted by Gasteiger charge is -2.11. The molecule has 0 N–H and O–H groups in total. The highest BCUT2D eigenvalue weighted by atomic mass is 32.2. The van der Waals surface area contributed by atoms with Crippen LogP contribution in [0.2, 0.25) is 0 Å².